The maximum atomic E-state index is 11.5. The van der Waals surface area contributed by atoms with Crippen LogP contribution in [0.5, 0.6) is 0 Å². The zero-order valence-electron chi connectivity index (χ0n) is 7.64. The second-order valence-corrected chi connectivity index (χ2v) is 3.18. The Hall–Kier alpha value is -1.71. The van der Waals surface area contributed by atoms with Gasteiger partial charge in [0.25, 0.3) is 0 Å². The van der Waals surface area contributed by atoms with Crippen LogP contribution in [0.4, 0.5) is 5.69 Å². The maximum Gasteiger partial charge on any atom is 0.227 e. The molecule has 0 aromatic carbocycles. The van der Waals surface area contributed by atoms with E-state index in [1.54, 1.807) is 12.1 Å². The Morgan fingerprint density at radius 2 is 2.21 bits per heavy atom. The molecule has 1 aromatic heterocycles. The Kier molecular flexibility index (Phi) is 2.26. The van der Waals surface area contributed by atoms with E-state index in [0.717, 1.165) is 6.42 Å². The molecule has 2 rings (SSSR count). The summed E-state index contributed by atoms with van der Waals surface area (Å²) in [4.78, 5) is 28.2. The molecule has 1 aromatic rings. The van der Waals surface area contributed by atoms with E-state index in [4.69, 9.17) is 0 Å². The molecule has 1 fully saturated rings. The lowest BCUT2D eigenvalue weighted by molar-refractivity contribution is -0.117. The van der Waals surface area contributed by atoms with Crippen LogP contribution >= 0.6 is 0 Å². The summed E-state index contributed by atoms with van der Waals surface area (Å²) in [5.41, 5.74) is 0.232. The lowest BCUT2D eigenvalue weighted by atomic mass is 10.4. The van der Waals surface area contributed by atoms with E-state index in [0.29, 0.717) is 18.7 Å². The van der Waals surface area contributed by atoms with Gasteiger partial charge in [0, 0.05) is 19.2 Å². The molecule has 0 aliphatic carbocycles. The number of carbonyl (C=O) groups excluding carboxylic acids is 1. The van der Waals surface area contributed by atoms with Crippen molar-refractivity contribution >= 4 is 11.6 Å². The molecular weight excluding hydrogens is 180 g/mol. The molecule has 0 spiro atoms. The molecule has 1 amide bonds. The quantitative estimate of drug-likeness (QED) is 0.650. The standard InChI is InChI=1S/C10H10N2O2/c13-9-7-11-5-1-3-8(9)12-6-2-4-10(12)14/h1,3,5,7H,2,4,6H2. The zero-order valence-corrected chi connectivity index (χ0v) is 7.64. The SMILES string of the molecule is O=C1CCCN1c1cccncc1=O. The van der Waals surface area contributed by atoms with Gasteiger partial charge in [-0.2, -0.15) is 0 Å². The van der Waals surface area contributed by atoms with E-state index in [2.05, 4.69) is 4.98 Å². The van der Waals surface area contributed by atoms with E-state index in [1.807, 2.05) is 0 Å². The molecular formula is C10H10N2O2. The van der Waals surface area contributed by atoms with E-state index < -0.39 is 0 Å². The van der Waals surface area contributed by atoms with E-state index in [1.165, 1.54) is 17.3 Å². The van der Waals surface area contributed by atoms with Crippen molar-refractivity contribution in [2.75, 3.05) is 11.4 Å². The van der Waals surface area contributed by atoms with Crippen molar-refractivity contribution in [3.05, 3.63) is 34.7 Å². The molecule has 1 saturated heterocycles. The van der Waals surface area contributed by atoms with Crippen LogP contribution in [0.2, 0.25) is 0 Å². The molecule has 14 heavy (non-hydrogen) atoms. The minimum absolute atomic E-state index is 0.0216. The molecule has 1 aliphatic heterocycles. The molecule has 0 bridgehead atoms. The highest BCUT2D eigenvalue weighted by atomic mass is 16.2. The topological polar surface area (TPSA) is 50.3 Å². The Balaban J connectivity index is 2.47. The van der Waals surface area contributed by atoms with E-state index >= 15 is 0 Å². The first-order valence-electron chi connectivity index (χ1n) is 4.54. The summed E-state index contributed by atoms with van der Waals surface area (Å²) >= 11 is 0. The van der Waals surface area contributed by atoms with Crippen molar-refractivity contribution in [2.24, 2.45) is 0 Å². The first-order valence-corrected chi connectivity index (χ1v) is 4.54. The van der Waals surface area contributed by atoms with Crippen molar-refractivity contribution in [1.29, 1.82) is 0 Å². The second-order valence-electron chi connectivity index (χ2n) is 3.18. The van der Waals surface area contributed by atoms with Crippen molar-refractivity contribution in [3.63, 3.8) is 0 Å². The molecule has 1 aliphatic rings. The number of nitrogens with zero attached hydrogens (tertiary/aromatic N) is 2. The Morgan fingerprint density at radius 3 is 2.93 bits per heavy atom. The van der Waals surface area contributed by atoms with Gasteiger partial charge in [0.05, 0.1) is 11.9 Å². The van der Waals surface area contributed by atoms with Crippen LogP contribution in [0.15, 0.2) is 29.3 Å². The summed E-state index contributed by atoms with van der Waals surface area (Å²) in [5.74, 6) is 0.0216. The van der Waals surface area contributed by atoms with Crippen LogP contribution < -0.4 is 10.3 Å². The lowest BCUT2D eigenvalue weighted by Gasteiger charge is -2.12. The monoisotopic (exact) mass is 190 g/mol. The molecule has 4 nitrogen and oxygen atoms in total. The average molecular weight is 190 g/mol. The Bertz CT molecular complexity index is 417. The van der Waals surface area contributed by atoms with Gasteiger partial charge in [-0.25, -0.2) is 0 Å². The van der Waals surface area contributed by atoms with Gasteiger partial charge < -0.3 is 4.90 Å². The van der Waals surface area contributed by atoms with Gasteiger partial charge in [0.15, 0.2) is 0 Å². The fourth-order valence-corrected chi connectivity index (χ4v) is 1.57. The highest BCUT2D eigenvalue weighted by molar-refractivity contribution is 5.95. The summed E-state index contributed by atoms with van der Waals surface area (Å²) in [7, 11) is 0. The van der Waals surface area contributed by atoms with Crippen LogP contribution in [-0.4, -0.2) is 17.4 Å². The van der Waals surface area contributed by atoms with Gasteiger partial charge >= 0.3 is 0 Å². The lowest BCUT2D eigenvalue weighted by Crippen LogP contribution is -2.27. The second kappa shape index (κ2) is 3.57. The summed E-state index contributed by atoms with van der Waals surface area (Å²) in [6.45, 7) is 0.637. The molecule has 0 atom stereocenters. The molecule has 0 N–H and O–H groups in total. The minimum atomic E-state index is -0.203. The largest absolute Gasteiger partial charge is 0.309 e. The van der Waals surface area contributed by atoms with Gasteiger partial charge in [0.1, 0.15) is 0 Å². The van der Waals surface area contributed by atoms with Crippen LogP contribution in [0.3, 0.4) is 0 Å². The summed E-state index contributed by atoms with van der Waals surface area (Å²) in [6.07, 6.45) is 4.13. The maximum absolute atomic E-state index is 11.5. The van der Waals surface area contributed by atoms with Crippen LogP contribution in [0.25, 0.3) is 0 Å². The first-order chi connectivity index (χ1) is 6.79. The number of aromatic nitrogens is 1. The van der Waals surface area contributed by atoms with Gasteiger partial charge in [-0.3, -0.25) is 14.6 Å². The van der Waals surface area contributed by atoms with Crippen LogP contribution in [0, 0.1) is 0 Å². The summed E-state index contributed by atoms with van der Waals surface area (Å²) in [5, 5.41) is 0. The Morgan fingerprint density at radius 1 is 1.36 bits per heavy atom. The minimum Gasteiger partial charge on any atom is -0.309 e. The molecule has 0 radical (unpaired) electrons. The van der Waals surface area contributed by atoms with E-state index in [-0.39, 0.29) is 11.3 Å². The predicted molar refractivity (Wildman–Crippen MR) is 52.1 cm³/mol. The van der Waals surface area contributed by atoms with Crippen LogP contribution in [0.1, 0.15) is 12.8 Å². The third kappa shape index (κ3) is 1.51. The van der Waals surface area contributed by atoms with Gasteiger partial charge in [0.2, 0.25) is 11.3 Å². The highest BCUT2D eigenvalue weighted by Gasteiger charge is 2.22. The highest BCUT2D eigenvalue weighted by Crippen LogP contribution is 2.16. The molecule has 0 unspecified atom stereocenters. The van der Waals surface area contributed by atoms with Gasteiger partial charge in [-0.1, -0.05) is 0 Å². The molecule has 72 valence electrons. The number of anilines is 1. The van der Waals surface area contributed by atoms with Gasteiger partial charge in [-0.05, 0) is 18.6 Å². The average Bonchev–Trinajstić information content (AvgIpc) is 2.46. The normalized spacial score (nSPS) is 16.0. The summed E-state index contributed by atoms with van der Waals surface area (Å²) < 4.78 is 0. The number of carbonyl (C=O) groups is 1. The molecule has 2 heterocycles. The van der Waals surface area contributed by atoms with Crippen LogP contribution in [-0.2, 0) is 4.79 Å². The van der Waals surface area contributed by atoms with Crippen molar-refractivity contribution < 1.29 is 4.79 Å². The number of hydrogen-bond acceptors (Lipinski definition) is 3. The zero-order chi connectivity index (χ0) is 9.97. The van der Waals surface area contributed by atoms with Crippen molar-refractivity contribution in [2.45, 2.75) is 12.8 Å². The third-order valence-electron chi connectivity index (χ3n) is 2.23. The number of rotatable bonds is 1. The van der Waals surface area contributed by atoms with Gasteiger partial charge in [-0.15, -0.1) is 0 Å². The fraction of sp³-hybridized carbons (Fsp3) is 0.300. The van der Waals surface area contributed by atoms with E-state index in [9.17, 15) is 9.59 Å². The van der Waals surface area contributed by atoms with Crippen molar-refractivity contribution in [1.82, 2.24) is 4.98 Å². The number of hydrogen-bond donors (Lipinski definition) is 0. The first kappa shape index (κ1) is 8.87. The Labute approximate surface area is 81.2 Å². The molecule has 4 heteroatoms. The smallest absolute Gasteiger partial charge is 0.227 e. The summed E-state index contributed by atoms with van der Waals surface area (Å²) in [6, 6.07) is 3.31. The predicted octanol–water partition coefficient (Wildman–Crippen LogP) is 0.569. The fourth-order valence-electron chi connectivity index (χ4n) is 1.57. The number of amides is 1. The third-order valence-corrected chi connectivity index (χ3v) is 2.23. The molecule has 0 saturated carbocycles. The van der Waals surface area contributed by atoms with Crippen molar-refractivity contribution in [3.8, 4) is 0 Å².